The standard InChI is InChI=1S/C17H27N3/c1-15-13-17(5-8-18-15)20-11-6-16(7-12-20)14-19-9-3-2-4-10-19/h5,8,13,16H,2-4,6-7,9-12,14H2,1H3. The predicted octanol–water partition coefficient (Wildman–Crippen LogP) is 3.09. The maximum Gasteiger partial charge on any atom is 0.0399 e. The van der Waals surface area contributed by atoms with E-state index in [0.717, 1.165) is 11.6 Å². The molecule has 1 aromatic rings. The summed E-state index contributed by atoms with van der Waals surface area (Å²) in [7, 11) is 0. The minimum absolute atomic E-state index is 0.910. The van der Waals surface area contributed by atoms with Crippen molar-refractivity contribution in [1.29, 1.82) is 0 Å². The summed E-state index contributed by atoms with van der Waals surface area (Å²) in [6, 6.07) is 4.36. The van der Waals surface area contributed by atoms with Gasteiger partial charge in [0.1, 0.15) is 0 Å². The van der Waals surface area contributed by atoms with Gasteiger partial charge in [-0.25, -0.2) is 0 Å². The van der Waals surface area contributed by atoms with Crippen LogP contribution in [-0.4, -0.2) is 42.6 Å². The number of hydrogen-bond acceptors (Lipinski definition) is 3. The first kappa shape index (κ1) is 13.9. The maximum atomic E-state index is 4.29. The molecule has 0 saturated carbocycles. The van der Waals surface area contributed by atoms with Crippen molar-refractivity contribution in [2.45, 2.75) is 39.0 Å². The van der Waals surface area contributed by atoms with Crippen LogP contribution < -0.4 is 4.90 Å². The van der Waals surface area contributed by atoms with E-state index in [4.69, 9.17) is 0 Å². The van der Waals surface area contributed by atoms with Crippen LogP contribution in [0.25, 0.3) is 0 Å². The van der Waals surface area contributed by atoms with E-state index in [1.54, 1.807) is 0 Å². The molecule has 0 atom stereocenters. The second kappa shape index (κ2) is 6.57. The fourth-order valence-corrected chi connectivity index (χ4v) is 3.61. The second-order valence-corrected chi connectivity index (χ2v) is 6.45. The highest BCUT2D eigenvalue weighted by Crippen LogP contribution is 2.24. The fraction of sp³-hybridized carbons (Fsp3) is 0.706. The van der Waals surface area contributed by atoms with Crippen LogP contribution in [0.1, 0.15) is 37.8 Å². The van der Waals surface area contributed by atoms with E-state index < -0.39 is 0 Å². The van der Waals surface area contributed by atoms with Gasteiger partial charge in [-0.3, -0.25) is 4.98 Å². The monoisotopic (exact) mass is 273 g/mol. The van der Waals surface area contributed by atoms with E-state index in [1.807, 2.05) is 6.20 Å². The Hall–Kier alpha value is -1.09. The Morgan fingerprint density at radius 1 is 1.10 bits per heavy atom. The molecule has 0 N–H and O–H groups in total. The largest absolute Gasteiger partial charge is 0.371 e. The van der Waals surface area contributed by atoms with Crippen LogP contribution >= 0.6 is 0 Å². The van der Waals surface area contributed by atoms with Gasteiger partial charge in [-0.15, -0.1) is 0 Å². The fourth-order valence-electron chi connectivity index (χ4n) is 3.61. The van der Waals surface area contributed by atoms with Gasteiger partial charge in [0.2, 0.25) is 0 Å². The molecule has 3 nitrogen and oxygen atoms in total. The number of aromatic nitrogens is 1. The van der Waals surface area contributed by atoms with Crippen molar-refractivity contribution >= 4 is 5.69 Å². The number of likely N-dealkylation sites (tertiary alicyclic amines) is 1. The first-order valence-electron chi connectivity index (χ1n) is 8.21. The van der Waals surface area contributed by atoms with Crippen LogP contribution in [-0.2, 0) is 0 Å². The third-order valence-electron chi connectivity index (χ3n) is 4.82. The number of pyridine rings is 1. The van der Waals surface area contributed by atoms with Crippen molar-refractivity contribution < 1.29 is 0 Å². The third kappa shape index (κ3) is 3.51. The Labute approximate surface area is 123 Å². The van der Waals surface area contributed by atoms with E-state index >= 15 is 0 Å². The quantitative estimate of drug-likeness (QED) is 0.843. The first-order valence-corrected chi connectivity index (χ1v) is 8.21. The van der Waals surface area contributed by atoms with Crippen molar-refractivity contribution in [2.24, 2.45) is 5.92 Å². The lowest BCUT2D eigenvalue weighted by atomic mass is 9.95. The van der Waals surface area contributed by atoms with Crippen molar-refractivity contribution in [3.05, 3.63) is 24.0 Å². The zero-order chi connectivity index (χ0) is 13.8. The van der Waals surface area contributed by atoms with E-state index in [9.17, 15) is 0 Å². The summed E-state index contributed by atoms with van der Waals surface area (Å²) < 4.78 is 0. The molecule has 2 aliphatic rings. The number of rotatable bonds is 3. The molecule has 3 rings (SSSR count). The molecule has 2 saturated heterocycles. The van der Waals surface area contributed by atoms with Crippen LogP contribution in [0, 0.1) is 12.8 Å². The average Bonchev–Trinajstić information content (AvgIpc) is 2.49. The Kier molecular flexibility index (Phi) is 4.56. The summed E-state index contributed by atoms with van der Waals surface area (Å²) in [4.78, 5) is 9.52. The smallest absolute Gasteiger partial charge is 0.0399 e. The van der Waals surface area contributed by atoms with Crippen LogP contribution in [0.2, 0.25) is 0 Å². The molecule has 0 unspecified atom stereocenters. The molecule has 0 spiro atoms. The van der Waals surface area contributed by atoms with Crippen molar-refractivity contribution in [2.75, 3.05) is 37.6 Å². The third-order valence-corrected chi connectivity index (χ3v) is 4.82. The van der Waals surface area contributed by atoms with Gasteiger partial charge < -0.3 is 9.80 Å². The first-order chi connectivity index (χ1) is 9.81. The van der Waals surface area contributed by atoms with E-state index in [0.29, 0.717) is 0 Å². The molecule has 3 heterocycles. The van der Waals surface area contributed by atoms with E-state index in [2.05, 4.69) is 33.8 Å². The molecular weight excluding hydrogens is 246 g/mol. The Morgan fingerprint density at radius 3 is 2.55 bits per heavy atom. The summed E-state index contributed by atoms with van der Waals surface area (Å²) >= 11 is 0. The lowest BCUT2D eigenvalue weighted by Gasteiger charge is -2.37. The molecule has 20 heavy (non-hydrogen) atoms. The van der Waals surface area contributed by atoms with Crippen molar-refractivity contribution in [3.63, 3.8) is 0 Å². The average molecular weight is 273 g/mol. The van der Waals surface area contributed by atoms with Crippen molar-refractivity contribution in [1.82, 2.24) is 9.88 Å². The summed E-state index contributed by atoms with van der Waals surface area (Å²) in [5, 5.41) is 0. The molecule has 0 bridgehead atoms. The van der Waals surface area contributed by atoms with Gasteiger partial charge in [0.25, 0.3) is 0 Å². The summed E-state index contributed by atoms with van der Waals surface area (Å²) in [6.45, 7) is 8.51. The molecular formula is C17H27N3. The molecule has 0 amide bonds. The van der Waals surface area contributed by atoms with Gasteiger partial charge in [0.15, 0.2) is 0 Å². The number of anilines is 1. The highest BCUT2D eigenvalue weighted by Gasteiger charge is 2.22. The lowest BCUT2D eigenvalue weighted by molar-refractivity contribution is 0.181. The molecule has 1 aromatic heterocycles. The molecule has 110 valence electrons. The van der Waals surface area contributed by atoms with Crippen LogP contribution in [0.5, 0.6) is 0 Å². The van der Waals surface area contributed by atoms with Gasteiger partial charge in [-0.1, -0.05) is 6.42 Å². The van der Waals surface area contributed by atoms with E-state index in [-0.39, 0.29) is 0 Å². The van der Waals surface area contributed by atoms with Gasteiger partial charge in [-0.2, -0.15) is 0 Å². The van der Waals surface area contributed by atoms with Gasteiger partial charge in [0.05, 0.1) is 0 Å². The number of nitrogens with zero attached hydrogens (tertiary/aromatic N) is 3. The molecule has 0 aliphatic carbocycles. The van der Waals surface area contributed by atoms with Gasteiger partial charge >= 0.3 is 0 Å². The van der Waals surface area contributed by atoms with Gasteiger partial charge in [0, 0.05) is 37.2 Å². The summed E-state index contributed by atoms with van der Waals surface area (Å²) in [5.74, 6) is 0.910. The lowest BCUT2D eigenvalue weighted by Crippen LogP contribution is -2.40. The topological polar surface area (TPSA) is 19.4 Å². The number of hydrogen-bond donors (Lipinski definition) is 0. The minimum Gasteiger partial charge on any atom is -0.371 e. The molecule has 2 fully saturated rings. The Bertz CT molecular complexity index is 418. The van der Waals surface area contributed by atoms with Crippen LogP contribution in [0.3, 0.4) is 0 Å². The predicted molar refractivity (Wildman–Crippen MR) is 84.2 cm³/mol. The Balaban J connectivity index is 1.49. The summed E-state index contributed by atoms with van der Waals surface area (Å²) in [5.41, 5.74) is 2.48. The zero-order valence-corrected chi connectivity index (χ0v) is 12.7. The van der Waals surface area contributed by atoms with Crippen LogP contribution in [0.4, 0.5) is 5.69 Å². The molecule has 3 heteroatoms. The number of aryl methyl sites for hydroxylation is 1. The normalized spacial score (nSPS) is 22.1. The highest BCUT2D eigenvalue weighted by atomic mass is 15.2. The molecule has 0 radical (unpaired) electrons. The maximum absolute atomic E-state index is 4.29. The SMILES string of the molecule is Cc1cc(N2CCC(CN3CCCCC3)CC2)ccn1. The van der Waals surface area contributed by atoms with Crippen LogP contribution in [0.15, 0.2) is 18.3 Å². The van der Waals surface area contributed by atoms with Crippen molar-refractivity contribution in [3.8, 4) is 0 Å². The summed E-state index contributed by atoms with van der Waals surface area (Å²) in [6.07, 6.45) is 8.89. The molecule has 0 aromatic carbocycles. The zero-order valence-electron chi connectivity index (χ0n) is 12.7. The van der Waals surface area contributed by atoms with Gasteiger partial charge in [-0.05, 0) is 63.7 Å². The van der Waals surface area contributed by atoms with E-state index in [1.165, 1.54) is 70.5 Å². The number of piperidine rings is 2. The minimum atomic E-state index is 0.910. The highest BCUT2D eigenvalue weighted by molar-refractivity contribution is 5.46. The molecule has 2 aliphatic heterocycles. The second-order valence-electron chi connectivity index (χ2n) is 6.45. The Morgan fingerprint density at radius 2 is 1.85 bits per heavy atom.